The van der Waals surface area contributed by atoms with Crippen LogP contribution in [0.25, 0.3) is 0 Å². The quantitative estimate of drug-likeness (QED) is 0.585. The summed E-state index contributed by atoms with van der Waals surface area (Å²) < 4.78 is 23.6. The van der Waals surface area contributed by atoms with Crippen LogP contribution in [0, 0.1) is 5.82 Å². The number of hydrogen-bond donors (Lipinski definition) is 4. The molecule has 4 N–H and O–H groups in total. The van der Waals surface area contributed by atoms with E-state index >= 15 is 0 Å². The van der Waals surface area contributed by atoms with Gasteiger partial charge in [-0.1, -0.05) is 12.1 Å². The van der Waals surface area contributed by atoms with Gasteiger partial charge in [-0.15, -0.1) is 0 Å². The average molecular weight is 288 g/mol. The zero-order valence-corrected chi connectivity index (χ0v) is 10.6. The predicted octanol–water partition coefficient (Wildman–Crippen LogP) is -0.685. The summed E-state index contributed by atoms with van der Waals surface area (Å²) in [5.74, 6) is -0.421. The lowest BCUT2D eigenvalue weighted by Crippen LogP contribution is -2.54. The van der Waals surface area contributed by atoms with Crippen molar-refractivity contribution in [1.29, 1.82) is 0 Å². The highest BCUT2D eigenvalue weighted by Crippen LogP contribution is 2.31. The molecule has 2 rings (SSSR count). The Labute approximate surface area is 115 Å². The number of rotatable bonds is 4. The largest absolute Gasteiger partial charge is 0.394 e. The molecule has 0 saturated carbocycles. The van der Waals surface area contributed by atoms with Crippen molar-refractivity contribution in [2.24, 2.45) is 0 Å². The molecule has 0 aromatic heterocycles. The van der Waals surface area contributed by atoms with E-state index in [0.29, 0.717) is 5.56 Å². The molecule has 0 spiro atoms. The first kappa shape index (κ1) is 15.3. The van der Waals surface area contributed by atoms with Crippen LogP contribution in [0.15, 0.2) is 24.3 Å². The Morgan fingerprint density at radius 1 is 1.15 bits per heavy atom. The fraction of sp³-hybridized carbons (Fsp3) is 0.538. The van der Waals surface area contributed by atoms with Crippen molar-refractivity contribution in [2.75, 3.05) is 13.2 Å². The number of halogens is 1. The fourth-order valence-corrected chi connectivity index (χ4v) is 2.06. The highest BCUT2D eigenvalue weighted by atomic mass is 19.1. The Balaban J connectivity index is 2.19. The second kappa shape index (κ2) is 6.57. The van der Waals surface area contributed by atoms with E-state index in [1.165, 1.54) is 24.3 Å². The summed E-state index contributed by atoms with van der Waals surface area (Å²) in [6.07, 6.45) is -5.64. The summed E-state index contributed by atoms with van der Waals surface area (Å²) in [6.45, 7) is -1.08. The minimum absolute atomic E-state index is 0.421. The van der Waals surface area contributed by atoms with Gasteiger partial charge in [-0.05, 0) is 12.1 Å². The molecule has 6 nitrogen and oxygen atoms in total. The minimum Gasteiger partial charge on any atom is -0.394 e. The molecular formula is C13H17FO6. The number of hydrogen-bond acceptors (Lipinski definition) is 6. The van der Waals surface area contributed by atoms with Crippen molar-refractivity contribution in [3.8, 4) is 0 Å². The van der Waals surface area contributed by atoms with E-state index < -0.39 is 49.7 Å². The molecule has 1 aliphatic heterocycles. The van der Waals surface area contributed by atoms with Gasteiger partial charge in [0.2, 0.25) is 0 Å². The molecule has 0 amide bonds. The summed E-state index contributed by atoms with van der Waals surface area (Å²) >= 11 is 0. The number of ether oxygens (including phenoxy) is 2. The van der Waals surface area contributed by atoms with Gasteiger partial charge in [-0.2, -0.15) is 0 Å². The van der Waals surface area contributed by atoms with Crippen molar-refractivity contribution in [3.05, 3.63) is 35.6 Å². The number of aliphatic hydroxyl groups is 4. The van der Waals surface area contributed by atoms with Gasteiger partial charge in [-0.3, -0.25) is 0 Å². The molecule has 5 atom stereocenters. The van der Waals surface area contributed by atoms with E-state index in [9.17, 15) is 19.7 Å². The van der Waals surface area contributed by atoms with Gasteiger partial charge < -0.3 is 29.9 Å². The Morgan fingerprint density at radius 2 is 1.80 bits per heavy atom. The van der Waals surface area contributed by atoms with Crippen LogP contribution in [0.4, 0.5) is 4.39 Å². The molecular weight excluding hydrogens is 271 g/mol. The average Bonchev–Trinajstić information content (AvgIpc) is 2.47. The molecule has 1 unspecified atom stereocenters. The molecule has 1 saturated heterocycles. The van der Waals surface area contributed by atoms with Crippen LogP contribution >= 0.6 is 0 Å². The first-order valence-corrected chi connectivity index (χ1v) is 6.21. The predicted molar refractivity (Wildman–Crippen MR) is 65.1 cm³/mol. The third kappa shape index (κ3) is 3.14. The van der Waals surface area contributed by atoms with Gasteiger partial charge in [0.15, 0.2) is 6.29 Å². The lowest BCUT2D eigenvalue weighted by atomic mass is 10.0. The first-order valence-electron chi connectivity index (χ1n) is 6.21. The SMILES string of the molecule is OC[C@@H](O)[C@H]1OC(c2ccc(F)cc2)O[C@@H](CO)[C@H]1O. The zero-order valence-electron chi connectivity index (χ0n) is 10.6. The molecule has 7 heteroatoms. The van der Waals surface area contributed by atoms with Crippen molar-refractivity contribution in [3.63, 3.8) is 0 Å². The van der Waals surface area contributed by atoms with E-state index in [1.807, 2.05) is 0 Å². The topological polar surface area (TPSA) is 99.4 Å². The van der Waals surface area contributed by atoms with Crippen LogP contribution in [0.3, 0.4) is 0 Å². The van der Waals surface area contributed by atoms with Crippen molar-refractivity contribution in [2.45, 2.75) is 30.7 Å². The summed E-state index contributed by atoms with van der Waals surface area (Å²) in [6, 6.07) is 5.32. The summed E-state index contributed by atoms with van der Waals surface area (Å²) in [5, 5.41) is 37.7. The summed E-state index contributed by atoms with van der Waals surface area (Å²) in [4.78, 5) is 0. The van der Waals surface area contributed by atoms with Crippen LogP contribution in [0.1, 0.15) is 11.9 Å². The van der Waals surface area contributed by atoms with Crippen LogP contribution in [-0.4, -0.2) is 58.1 Å². The molecule has 0 radical (unpaired) electrons. The lowest BCUT2D eigenvalue weighted by molar-refractivity contribution is -0.310. The van der Waals surface area contributed by atoms with E-state index in [4.69, 9.17) is 14.6 Å². The zero-order chi connectivity index (χ0) is 14.7. The molecule has 0 bridgehead atoms. The van der Waals surface area contributed by atoms with E-state index in [2.05, 4.69) is 0 Å². The second-order valence-electron chi connectivity index (χ2n) is 4.58. The van der Waals surface area contributed by atoms with Crippen LogP contribution in [0.5, 0.6) is 0 Å². The van der Waals surface area contributed by atoms with E-state index in [-0.39, 0.29) is 0 Å². The monoisotopic (exact) mass is 288 g/mol. The molecule has 1 aromatic carbocycles. The van der Waals surface area contributed by atoms with Gasteiger partial charge in [-0.25, -0.2) is 4.39 Å². The van der Waals surface area contributed by atoms with Gasteiger partial charge in [0.05, 0.1) is 13.2 Å². The van der Waals surface area contributed by atoms with Crippen LogP contribution < -0.4 is 0 Å². The van der Waals surface area contributed by atoms with Crippen LogP contribution in [-0.2, 0) is 9.47 Å². The molecule has 1 aromatic rings. The van der Waals surface area contributed by atoms with Crippen molar-refractivity contribution >= 4 is 0 Å². The maximum absolute atomic E-state index is 12.9. The summed E-state index contributed by atoms with van der Waals surface area (Å²) in [5.41, 5.74) is 0.479. The number of aliphatic hydroxyl groups excluding tert-OH is 4. The Kier molecular flexibility index (Phi) is 5.03. The standard InChI is InChI=1S/C13H17FO6/c14-8-3-1-7(2-4-8)13-19-10(6-16)11(18)12(20-13)9(17)5-15/h1-4,9-13,15-18H,5-6H2/t9-,10+,11-,12-,13?/m1/s1. The highest BCUT2D eigenvalue weighted by molar-refractivity contribution is 5.18. The fourth-order valence-electron chi connectivity index (χ4n) is 2.06. The smallest absolute Gasteiger partial charge is 0.184 e. The third-order valence-electron chi connectivity index (χ3n) is 3.19. The third-order valence-corrected chi connectivity index (χ3v) is 3.19. The van der Waals surface area contributed by atoms with Gasteiger partial charge in [0, 0.05) is 5.56 Å². The molecule has 1 heterocycles. The van der Waals surface area contributed by atoms with Gasteiger partial charge >= 0.3 is 0 Å². The molecule has 1 aliphatic rings. The number of benzene rings is 1. The molecule has 0 aliphatic carbocycles. The van der Waals surface area contributed by atoms with Gasteiger partial charge in [0.25, 0.3) is 0 Å². The normalized spacial score (nSPS) is 32.0. The van der Waals surface area contributed by atoms with E-state index in [0.717, 1.165) is 0 Å². The molecule has 20 heavy (non-hydrogen) atoms. The lowest BCUT2D eigenvalue weighted by Gasteiger charge is -2.40. The van der Waals surface area contributed by atoms with E-state index in [1.54, 1.807) is 0 Å². The Bertz CT molecular complexity index is 425. The first-order chi connectivity index (χ1) is 9.56. The summed E-state index contributed by atoms with van der Waals surface area (Å²) in [7, 11) is 0. The molecule has 112 valence electrons. The van der Waals surface area contributed by atoms with Crippen molar-refractivity contribution < 1.29 is 34.3 Å². The maximum Gasteiger partial charge on any atom is 0.184 e. The second-order valence-corrected chi connectivity index (χ2v) is 4.58. The highest BCUT2D eigenvalue weighted by Gasteiger charge is 2.42. The Morgan fingerprint density at radius 3 is 2.35 bits per heavy atom. The Hall–Kier alpha value is -1.09. The van der Waals surface area contributed by atoms with Crippen molar-refractivity contribution in [1.82, 2.24) is 0 Å². The minimum atomic E-state index is -1.31. The maximum atomic E-state index is 12.9. The van der Waals surface area contributed by atoms with Crippen LogP contribution in [0.2, 0.25) is 0 Å². The van der Waals surface area contributed by atoms with Gasteiger partial charge in [0.1, 0.15) is 30.2 Å². The molecule has 1 fully saturated rings.